The Morgan fingerprint density at radius 1 is 0.465 bits per heavy atom. The molecule has 0 saturated heterocycles. The van der Waals surface area contributed by atoms with E-state index >= 15 is 0 Å². The van der Waals surface area contributed by atoms with E-state index in [4.69, 9.17) is 13.1 Å². The van der Waals surface area contributed by atoms with E-state index in [1.807, 2.05) is 115 Å². The van der Waals surface area contributed by atoms with Crippen molar-refractivity contribution >= 4 is 55.0 Å². The van der Waals surface area contributed by atoms with Gasteiger partial charge in [0.25, 0.3) is 0 Å². The number of nitriles is 3. The highest BCUT2D eigenvalue weighted by molar-refractivity contribution is 6.13. The van der Waals surface area contributed by atoms with Crippen LogP contribution in [-0.2, 0) is 6.18 Å². The van der Waals surface area contributed by atoms with Gasteiger partial charge in [-0.3, -0.25) is 0 Å². The fourth-order valence-electron chi connectivity index (χ4n) is 10.0. The number of aryl methyl sites for hydroxylation is 1. The molecule has 9 aromatic carbocycles. The van der Waals surface area contributed by atoms with E-state index in [0.29, 0.717) is 78.4 Å². The lowest BCUT2D eigenvalue weighted by Gasteiger charge is -2.21. The minimum atomic E-state index is -4.59. The molecule has 0 aliphatic carbocycles. The molecule has 332 valence electrons. The summed E-state index contributed by atoms with van der Waals surface area (Å²) >= 11 is 0. The van der Waals surface area contributed by atoms with Gasteiger partial charge in [0.15, 0.2) is 11.4 Å². The molecule has 0 bridgehead atoms. The topological polar surface area (TPSA) is 89.9 Å². The van der Waals surface area contributed by atoms with Gasteiger partial charge >= 0.3 is 6.18 Å². The molecule has 0 unspecified atom stereocenters. The molecule has 7 nitrogen and oxygen atoms in total. The quantitative estimate of drug-likeness (QED) is 0.156. The van der Waals surface area contributed by atoms with Crippen molar-refractivity contribution in [3.63, 3.8) is 0 Å². The summed E-state index contributed by atoms with van der Waals surface area (Å²) < 4.78 is 47.5. The summed E-state index contributed by atoms with van der Waals surface area (Å²) in [5.74, 6) is 0. The maximum Gasteiger partial charge on any atom is 0.416 e. The van der Waals surface area contributed by atoms with Crippen molar-refractivity contribution in [1.29, 1.82) is 15.8 Å². The summed E-state index contributed by atoms with van der Waals surface area (Å²) in [6.07, 6.45) is -4.59. The van der Waals surface area contributed by atoms with E-state index in [1.54, 1.807) is 55.5 Å². The lowest BCUT2D eigenvalue weighted by molar-refractivity contribution is -0.137. The second kappa shape index (κ2) is 16.9. The minimum Gasteiger partial charge on any atom is -0.310 e. The summed E-state index contributed by atoms with van der Waals surface area (Å²) in [5, 5.41) is 33.4. The van der Waals surface area contributed by atoms with Gasteiger partial charge in [-0.2, -0.15) is 29.0 Å². The van der Waals surface area contributed by atoms with E-state index in [-0.39, 0.29) is 0 Å². The molecule has 0 aliphatic heterocycles. The van der Waals surface area contributed by atoms with E-state index in [2.05, 4.69) is 37.0 Å². The van der Waals surface area contributed by atoms with Crippen LogP contribution in [0.4, 0.5) is 24.5 Å². The molecule has 71 heavy (non-hydrogen) atoms. The molecule has 0 amide bonds. The average molecular weight is 920 g/mol. The molecule has 11 aromatic rings. The fourth-order valence-corrected chi connectivity index (χ4v) is 10.0. The van der Waals surface area contributed by atoms with Gasteiger partial charge in [-0.15, -0.1) is 0 Å². The fraction of sp³-hybridized carbons (Fsp3) is 0.0328. The third-order valence-corrected chi connectivity index (χ3v) is 13.1. The maximum atomic E-state index is 14.4. The smallest absolute Gasteiger partial charge is 0.310 e. The Morgan fingerprint density at radius 2 is 1.06 bits per heavy atom. The van der Waals surface area contributed by atoms with Crippen molar-refractivity contribution in [2.45, 2.75) is 13.1 Å². The molecule has 0 N–H and O–H groups in total. The highest BCUT2D eigenvalue weighted by atomic mass is 19.4. The summed E-state index contributed by atoms with van der Waals surface area (Å²) in [6.45, 7) is 17.8. The zero-order chi connectivity index (χ0) is 49.1. The zero-order valence-electron chi connectivity index (χ0n) is 37.5. The number of benzene rings is 9. The van der Waals surface area contributed by atoms with Crippen LogP contribution in [0.15, 0.2) is 176 Å². The highest BCUT2D eigenvalue weighted by Crippen LogP contribution is 2.47. The lowest BCUT2D eigenvalue weighted by atomic mass is 9.93. The first-order chi connectivity index (χ1) is 34.5. The molecular weight excluding hydrogens is 888 g/mol. The molecule has 0 atom stereocenters. The van der Waals surface area contributed by atoms with Crippen molar-refractivity contribution in [3.05, 3.63) is 227 Å². The molecule has 2 aromatic heterocycles. The first-order valence-corrected chi connectivity index (χ1v) is 22.3. The number of fused-ring (bicyclic) bond motifs is 6. The lowest BCUT2D eigenvalue weighted by Crippen LogP contribution is -2.05. The van der Waals surface area contributed by atoms with Crippen molar-refractivity contribution in [3.8, 4) is 74.1 Å². The number of nitrogens with zero attached hydrogens (tertiary/aromatic N) is 7. The van der Waals surface area contributed by atoms with E-state index in [0.717, 1.165) is 66.9 Å². The summed E-state index contributed by atoms with van der Waals surface area (Å²) in [4.78, 5) is 7.65. The molecule has 0 spiro atoms. The Balaban J connectivity index is 1.21. The predicted octanol–water partition coefficient (Wildman–Crippen LogP) is 16.6. The van der Waals surface area contributed by atoms with Crippen LogP contribution in [0.3, 0.4) is 0 Å². The van der Waals surface area contributed by atoms with Crippen LogP contribution >= 0.6 is 0 Å². The SMILES string of the molecule is [C-]#[N+]c1ccc(-c2ccc3c(c2)c2ccccc2n3-c2ccc(-c3cc(C)cc(C(F)(F)F)c3)cc2-c2c([N+]#[C-])cccc2-n2c3ccccc3c3cc(-c4ccc(C#N)cc4C#N)ccc32)c(C#N)c1. The van der Waals surface area contributed by atoms with Crippen LogP contribution in [0, 0.1) is 54.1 Å². The van der Waals surface area contributed by atoms with Gasteiger partial charge in [0.2, 0.25) is 0 Å². The highest BCUT2D eigenvalue weighted by Gasteiger charge is 2.31. The number of aromatic nitrogens is 2. The molecule has 0 saturated carbocycles. The summed E-state index contributed by atoms with van der Waals surface area (Å²) in [6, 6.07) is 59.6. The zero-order valence-corrected chi connectivity index (χ0v) is 37.5. The van der Waals surface area contributed by atoms with Crippen LogP contribution in [0.5, 0.6) is 0 Å². The number of hydrogen-bond acceptors (Lipinski definition) is 3. The van der Waals surface area contributed by atoms with Crippen LogP contribution in [-0.4, -0.2) is 9.13 Å². The van der Waals surface area contributed by atoms with Gasteiger partial charge in [-0.1, -0.05) is 91.0 Å². The van der Waals surface area contributed by atoms with Gasteiger partial charge in [-0.05, 0) is 136 Å². The van der Waals surface area contributed by atoms with Gasteiger partial charge in [0, 0.05) is 38.4 Å². The third-order valence-electron chi connectivity index (χ3n) is 13.1. The number of alkyl halides is 3. The monoisotopic (exact) mass is 919 g/mol. The first-order valence-electron chi connectivity index (χ1n) is 22.3. The number of rotatable bonds is 6. The van der Waals surface area contributed by atoms with Crippen molar-refractivity contribution in [2.24, 2.45) is 0 Å². The van der Waals surface area contributed by atoms with Gasteiger partial charge < -0.3 is 9.13 Å². The van der Waals surface area contributed by atoms with Crippen molar-refractivity contribution in [2.75, 3.05) is 0 Å². The van der Waals surface area contributed by atoms with E-state index in [1.165, 1.54) is 0 Å². The maximum absolute atomic E-state index is 14.4. The molecule has 0 aliphatic rings. The standard InChI is InChI=1S/C61H32F3N7/c1-36-25-41(28-44(26-36)61(62,63)64)38-16-22-58(70-54-12-6-4-9-48(54)50-32-40(17-23-56(50)70)47-21-19-45(68-2)29-43(47)35-67)52(30-38)60-53(69-3)11-8-14-59(60)71-55-13-7-5-10-49(55)51-31-39(18-24-57(51)71)46-20-15-37(33-65)27-42(46)34-66/h4-32H,1H3. The second-order valence-electron chi connectivity index (χ2n) is 17.2. The molecular formula is C61H32F3N7. The van der Waals surface area contributed by atoms with Crippen molar-refractivity contribution < 1.29 is 13.2 Å². The Morgan fingerprint density at radius 3 is 1.66 bits per heavy atom. The van der Waals surface area contributed by atoms with Crippen LogP contribution < -0.4 is 0 Å². The number of halogens is 3. The first kappa shape index (κ1) is 43.4. The van der Waals surface area contributed by atoms with Crippen LogP contribution in [0.2, 0.25) is 0 Å². The van der Waals surface area contributed by atoms with Gasteiger partial charge in [-0.25, -0.2) is 9.69 Å². The average Bonchev–Trinajstić information content (AvgIpc) is 3.91. The largest absolute Gasteiger partial charge is 0.416 e. The normalized spacial score (nSPS) is 11.3. The van der Waals surface area contributed by atoms with E-state index < -0.39 is 11.7 Å². The Bertz CT molecular complexity index is 4310. The third kappa shape index (κ3) is 7.19. The summed E-state index contributed by atoms with van der Waals surface area (Å²) in [5.41, 5.74) is 11.0. The Labute approximate surface area is 405 Å². The van der Waals surface area contributed by atoms with Crippen molar-refractivity contribution in [1.82, 2.24) is 9.13 Å². The molecule has 0 fully saturated rings. The van der Waals surface area contributed by atoms with E-state index in [9.17, 15) is 29.0 Å². The van der Waals surface area contributed by atoms with Gasteiger partial charge in [0.05, 0.1) is 75.8 Å². The number of hydrogen-bond donors (Lipinski definition) is 0. The Kier molecular flexibility index (Phi) is 10.3. The molecule has 11 rings (SSSR count). The molecule has 10 heteroatoms. The van der Waals surface area contributed by atoms with Gasteiger partial charge in [0.1, 0.15) is 0 Å². The predicted molar refractivity (Wildman–Crippen MR) is 273 cm³/mol. The molecule has 2 heterocycles. The molecule has 0 radical (unpaired) electrons. The minimum absolute atomic E-state index is 0.315. The Hall–Kier alpha value is -10.2. The number of para-hydroxylation sites is 2. The van der Waals surface area contributed by atoms with Crippen LogP contribution in [0.25, 0.3) is 109 Å². The van der Waals surface area contributed by atoms with Crippen LogP contribution in [0.1, 0.15) is 27.8 Å². The summed E-state index contributed by atoms with van der Waals surface area (Å²) in [7, 11) is 0. The second-order valence-corrected chi connectivity index (χ2v) is 17.2.